The molecule has 1 fully saturated rings. The van der Waals surface area contributed by atoms with Crippen LogP contribution >= 0.6 is 11.3 Å². The first kappa shape index (κ1) is 18.6. The van der Waals surface area contributed by atoms with Gasteiger partial charge in [-0.15, -0.1) is 11.3 Å². The van der Waals surface area contributed by atoms with Gasteiger partial charge in [0.15, 0.2) is 0 Å². The molecule has 4 rings (SSSR count). The van der Waals surface area contributed by atoms with Crippen molar-refractivity contribution in [3.05, 3.63) is 76.5 Å². The molecular formula is C21H22N4O2S. The maximum atomic E-state index is 12.8. The van der Waals surface area contributed by atoms with Crippen LogP contribution in [-0.2, 0) is 13.2 Å². The van der Waals surface area contributed by atoms with E-state index in [0.717, 1.165) is 49.9 Å². The van der Waals surface area contributed by atoms with Gasteiger partial charge in [0, 0.05) is 49.9 Å². The normalized spacial score (nSPS) is 14.8. The van der Waals surface area contributed by atoms with Crippen LogP contribution in [-0.4, -0.2) is 51.9 Å². The number of ether oxygens (including phenoxy) is 1. The Morgan fingerprint density at radius 2 is 1.82 bits per heavy atom. The van der Waals surface area contributed by atoms with E-state index in [1.165, 1.54) is 0 Å². The van der Waals surface area contributed by atoms with Crippen molar-refractivity contribution in [1.82, 2.24) is 19.8 Å². The molecule has 1 aliphatic rings. The van der Waals surface area contributed by atoms with Gasteiger partial charge in [-0.3, -0.25) is 14.7 Å². The average Bonchev–Trinajstić information content (AvgIpc) is 3.27. The molecule has 0 radical (unpaired) electrons. The zero-order valence-electron chi connectivity index (χ0n) is 15.5. The largest absolute Gasteiger partial charge is 0.487 e. The van der Waals surface area contributed by atoms with Gasteiger partial charge in [0.1, 0.15) is 12.4 Å². The highest BCUT2D eigenvalue weighted by molar-refractivity contribution is 7.07. The van der Waals surface area contributed by atoms with E-state index >= 15 is 0 Å². The quantitative estimate of drug-likeness (QED) is 0.643. The Kier molecular flexibility index (Phi) is 5.94. The van der Waals surface area contributed by atoms with Crippen LogP contribution in [0.4, 0.5) is 0 Å². The number of aromatic nitrogens is 2. The maximum Gasteiger partial charge on any atom is 0.253 e. The summed E-state index contributed by atoms with van der Waals surface area (Å²) in [7, 11) is 0. The van der Waals surface area contributed by atoms with E-state index in [1.54, 1.807) is 16.8 Å². The first-order valence-electron chi connectivity index (χ1n) is 9.29. The number of carbonyl (C=O) groups is 1. The predicted molar refractivity (Wildman–Crippen MR) is 108 cm³/mol. The van der Waals surface area contributed by atoms with Crippen LogP contribution in [0.15, 0.2) is 59.6 Å². The molecule has 0 saturated carbocycles. The third kappa shape index (κ3) is 4.74. The van der Waals surface area contributed by atoms with E-state index in [1.807, 2.05) is 58.9 Å². The van der Waals surface area contributed by atoms with Gasteiger partial charge in [-0.05, 0) is 36.4 Å². The van der Waals surface area contributed by atoms with Crippen molar-refractivity contribution in [2.45, 2.75) is 13.2 Å². The van der Waals surface area contributed by atoms with Gasteiger partial charge in [-0.25, -0.2) is 4.98 Å². The van der Waals surface area contributed by atoms with Crippen LogP contribution in [0.1, 0.15) is 21.7 Å². The van der Waals surface area contributed by atoms with Gasteiger partial charge in [0.05, 0.1) is 16.9 Å². The van der Waals surface area contributed by atoms with E-state index in [9.17, 15) is 4.79 Å². The molecule has 2 aromatic heterocycles. The molecular weight excluding hydrogens is 372 g/mol. The molecule has 1 amide bonds. The number of benzene rings is 1. The summed E-state index contributed by atoms with van der Waals surface area (Å²) in [5.74, 6) is 0.813. The molecule has 28 heavy (non-hydrogen) atoms. The summed E-state index contributed by atoms with van der Waals surface area (Å²) in [6, 6.07) is 13.3. The molecule has 0 bridgehead atoms. The number of nitrogens with zero attached hydrogens (tertiary/aromatic N) is 4. The molecule has 1 saturated heterocycles. The lowest BCUT2D eigenvalue weighted by molar-refractivity contribution is 0.0627. The summed E-state index contributed by atoms with van der Waals surface area (Å²) in [5, 5.41) is 1.96. The van der Waals surface area contributed by atoms with Crippen molar-refractivity contribution in [3.8, 4) is 5.75 Å². The van der Waals surface area contributed by atoms with Gasteiger partial charge in [0.25, 0.3) is 5.91 Å². The summed E-state index contributed by atoms with van der Waals surface area (Å²) >= 11 is 1.55. The van der Waals surface area contributed by atoms with E-state index < -0.39 is 0 Å². The molecule has 0 spiro atoms. The number of piperazine rings is 1. The van der Waals surface area contributed by atoms with Crippen molar-refractivity contribution in [2.75, 3.05) is 26.2 Å². The Morgan fingerprint density at radius 3 is 2.50 bits per heavy atom. The van der Waals surface area contributed by atoms with E-state index in [4.69, 9.17) is 4.74 Å². The monoisotopic (exact) mass is 394 g/mol. The van der Waals surface area contributed by atoms with Crippen LogP contribution < -0.4 is 4.74 Å². The average molecular weight is 395 g/mol. The van der Waals surface area contributed by atoms with E-state index in [2.05, 4.69) is 14.9 Å². The minimum atomic E-state index is 0.0727. The van der Waals surface area contributed by atoms with E-state index in [-0.39, 0.29) is 5.91 Å². The number of thiazole rings is 1. The zero-order valence-corrected chi connectivity index (χ0v) is 16.3. The highest BCUT2D eigenvalue weighted by atomic mass is 32.1. The first-order chi connectivity index (χ1) is 13.8. The van der Waals surface area contributed by atoms with Crippen LogP contribution in [0.2, 0.25) is 0 Å². The zero-order chi connectivity index (χ0) is 19.2. The summed E-state index contributed by atoms with van der Waals surface area (Å²) in [4.78, 5) is 25.6. The van der Waals surface area contributed by atoms with Gasteiger partial charge in [0.2, 0.25) is 0 Å². The fraction of sp³-hybridized carbons (Fsp3) is 0.286. The highest BCUT2D eigenvalue weighted by Crippen LogP contribution is 2.17. The third-order valence-corrected chi connectivity index (χ3v) is 5.38. The van der Waals surface area contributed by atoms with Crippen LogP contribution in [0.3, 0.4) is 0 Å². The smallest absolute Gasteiger partial charge is 0.253 e. The molecule has 1 aliphatic heterocycles. The first-order valence-corrected chi connectivity index (χ1v) is 10.2. The van der Waals surface area contributed by atoms with Crippen LogP contribution in [0, 0.1) is 0 Å². The SMILES string of the molecule is O=C(c1ccc(OCc2cscn2)cc1)N1CCN(Cc2ccccn2)CC1. The topological polar surface area (TPSA) is 58.6 Å². The Hall–Kier alpha value is -2.77. The number of hydrogen-bond acceptors (Lipinski definition) is 6. The molecule has 7 heteroatoms. The molecule has 6 nitrogen and oxygen atoms in total. The number of rotatable bonds is 6. The summed E-state index contributed by atoms with van der Waals surface area (Å²) in [6.45, 7) is 4.44. The summed E-state index contributed by atoms with van der Waals surface area (Å²) in [5.41, 5.74) is 4.46. The molecule has 3 aromatic rings. The maximum absolute atomic E-state index is 12.8. The fourth-order valence-corrected chi connectivity index (χ4v) is 3.72. The number of carbonyl (C=O) groups excluding carboxylic acids is 1. The lowest BCUT2D eigenvalue weighted by atomic mass is 10.1. The molecule has 1 aromatic carbocycles. The molecule has 3 heterocycles. The molecule has 0 atom stereocenters. The summed E-state index contributed by atoms with van der Waals surface area (Å²) < 4.78 is 5.71. The Balaban J connectivity index is 1.27. The van der Waals surface area contributed by atoms with Gasteiger partial charge >= 0.3 is 0 Å². The second kappa shape index (κ2) is 8.95. The van der Waals surface area contributed by atoms with Gasteiger partial charge < -0.3 is 9.64 Å². The van der Waals surface area contributed by atoms with Crippen LogP contribution in [0.25, 0.3) is 0 Å². The predicted octanol–water partition coefficient (Wildman–Crippen LogP) is 3.08. The van der Waals surface area contributed by atoms with E-state index in [0.29, 0.717) is 12.2 Å². The lowest BCUT2D eigenvalue weighted by Gasteiger charge is -2.34. The van der Waals surface area contributed by atoms with Crippen molar-refractivity contribution < 1.29 is 9.53 Å². The molecule has 144 valence electrons. The lowest BCUT2D eigenvalue weighted by Crippen LogP contribution is -2.48. The van der Waals surface area contributed by atoms with Crippen molar-refractivity contribution in [1.29, 1.82) is 0 Å². The number of amides is 1. The molecule has 0 aliphatic carbocycles. The third-order valence-electron chi connectivity index (χ3n) is 4.74. The van der Waals surface area contributed by atoms with Gasteiger partial charge in [-0.1, -0.05) is 6.07 Å². The standard InChI is InChI=1S/C21H22N4O2S/c26-21(17-4-6-20(7-5-17)27-14-19-15-28-16-23-19)25-11-9-24(10-12-25)13-18-3-1-2-8-22-18/h1-8,15-16H,9-14H2. The van der Waals surface area contributed by atoms with Crippen molar-refractivity contribution >= 4 is 17.2 Å². The Morgan fingerprint density at radius 1 is 1.00 bits per heavy atom. The number of hydrogen-bond donors (Lipinski definition) is 0. The van der Waals surface area contributed by atoms with Crippen molar-refractivity contribution in [2.24, 2.45) is 0 Å². The minimum Gasteiger partial charge on any atom is -0.487 e. The number of pyridine rings is 1. The highest BCUT2D eigenvalue weighted by Gasteiger charge is 2.22. The molecule has 0 unspecified atom stereocenters. The van der Waals surface area contributed by atoms with Gasteiger partial charge in [-0.2, -0.15) is 0 Å². The fourth-order valence-electron chi connectivity index (χ4n) is 3.17. The van der Waals surface area contributed by atoms with Crippen molar-refractivity contribution in [3.63, 3.8) is 0 Å². The second-order valence-corrected chi connectivity index (χ2v) is 7.40. The Labute approximate surface area is 168 Å². The van der Waals surface area contributed by atoms with Crippen LogP contribution in [0.5, 0.6) is 5.75 Å². The molecule has 0 N–H and O–H groups in total. The summed E-state index contributed by atoms with van der Waals surface area (Å²) in [6.07, 6.45) is 1.82. The Bertz CT molecular complexity index is 877. The minimum absolute atomic E-state index is 0.0727. The second-order valence-electron chi connectivity index (χ2n) is 6.68.